The summed E-state index contributed by atoms with van der Waals surface area (Å²) in [6.45, 7) is 13.8. The number of hydrogen-bond acceptors (Lipinski definition) is 11. The lowest BCUT2D eigenvalue weighted by atomic mass is 10.1. The molecule has 0 heterocycles. The lowest BCUT2D eigenvalue weighted by Crippen LogP contribution is -2.80. The van der Waals surface area contributed by atoms with Crippen molar-refractivity contribution in [1.29, 1.82) is 0 Å². The van der Waals surface area contributed by atoms with Gasteiger partial charge in [-0.1, -0.05) is 24.8 Å². The number of nitrogens with zero attached hydrogens (tertiary/aromatic N) is 2. The van der Waals surface area contributed by atoms with Gasteiger partial charge in [-0.05, 0) is 156 Å². The Kier molecular flexibility index (Phi) is 17.3. The van der Waals surface area contributed by atoms with Crippen molar-refractivity contribution in [3.63, 3.8) is 0 Å². The van der Waals surface area contributed by atoms with Crippen LogP contribution in [0.25, 0.3) is 10.8 Å². The molecule has 0 atom stereocenters. The average molecular weight is 865 g/mol. The fourth-order valence-corrected chi connectivity index (χ4v) is 7.04. The highest BCUT2D eigenvalue weighted by molar-refractivity contribution is 5.99. The van der Waals surface area contributed by atoms with E-state index in [-0.39, 0.29) is 5.97 Å². The molecule has 6 aromatic carbocycles. The number of quaternary nitrogens is 1. The van der Waals surface area contributed by atoms with Crippen molar-refractivity contribution in [2.45, 2.75) is 46.5 Å². The molecule has 0 unspecified atom stereocenters. The predicted octanol–water partition coefficient (Wildman–Crippen LogP) is 10.2. The smallest absolute Gasteiger partial charge is 0.343 e. The number of esters is 2. The molecule has 64 heavy (non-hydrogen) atoms. The summed E-state index contributed by atoms with van der Waals surface area (Å²) < 4.78 is 16.6. The highest BCUT2D eigenvalue weighted by Gasteiger charge is 2.12. The average Bonchev–Trinajstić information content (AvgIpc) is 3.32. The molecule has 0 aromatic heterocycles. The number of nitrogens with two attached hydrogens (primary N) is 1. The van der Waals surface area contributed by atoms with Gasteiger partial charge in [0.2, 0.25) is 0 Å². The third-order valence-electron chi connectivity index (χ3n) is 10.8. The van der Waals surface area contributed by atoms with Crippen LogP contribution in [0.15, 0.2) is 146 Å². The van der Waals surface area contributed by atoms with Crippen LogP contribution in [0.1, 0.15) is 56.8 Å². The number of carbonyl (C=O) groups excluding carboxylic acids is 2. The van der Waals surface area contributed by atoms with Crippen LogP contribution in [-0.2, 0) is 9.53 Å². The number of rotatable bonds is 25. The molecule has 0 radical (unpaired) electrons. The molecule has 12 heteroatoms. The lowest BCUT2D eigenvalue weighted by molar-refractivity contribution is -0.563. The number of ether oxygens (including phenoxy) is 3. The molecule has 0 aliphatic carbocycles. The van der Waals surface area contributed by atoms with Crippen LogP contribution in [0.5, 0.6) is 11.5 Å². The molecule has 0 aliphatic heterocycles. The van der Waals surface area contributed by atoms with E-state index in [0.29, 0.717) is 49.2 Å². The second-order valence-electron chi connectivity index (χ2n) is 15.5. The van der Waals surface area contributed by atoms with E-state index in [0.717, 1.165) is 83.7 Å². The molecule has 0 amide bonds. The third kappa shape index (κ3) is 13.7. The lowest BCUT2D eigenvalue weighted by Gasteiger charge is -2.24. The minimum Gasteiger partial charge on any atom is -0.494 e. The number of unbranched alkanes of at least 4 members (excludes halogenated alkanes) is 3. The Morgan fingerprint density at radius 2 is 1.25 bits per heavy atom. The van der Waals surface area contributed by atoms with Gasteiger partial charge < -0.3 is 45.5 Å². The zero-order chi connectivity index (χ0) is 45.1. The van der Waals surface area contributed by atoms with Gasteiger partial charge in [-0.15, -0.1) is 0 Å². The normalized spacial score (nSPS) is 10.8. The number of benzene rings is 6. The van der Waals surface area contributed by atoms with Crippen molar-refractivity contribution >= 4 is 62.5 Å². The molecule has 334 valence electrons. The van der Waals surface area contributed by atoms with E-state index in [1.807, 2.05) is 18.2 Å². The van der Waals surface area contributed by atoms with E-state index in [2.05, 4.69) is 143 Å². The minimum atomic E-state index is -0.439. The molecule has 0 saturated heterocycles. The molecular formula is C52H62N7O5+. The topological polar surface area (TPSA) is 133 Å². The van der Waals surface area contributed by atoms with Crippen molar-refractivity contribution < 1.29 is 29.1 Å². The summed E-state index contributed by atoms with van der Waals surface area (Å²) in [6.07, 6.45) is 3.60. The van der Waals surface area contributed by atoms with E-state index < -0.39 is 5.97 Å². The van der Waals surface area contributed by atoms with Gasteiger partial charge in [-0.25, -0.2) is 9.59 Å². The molecule has 0 aliphatic rings. The fourth-order valence-electron chi connectivity index (χ4n) is 7.04. The third-order valence-corrected chi connectivity index (χ3v) is 10.8. The maximum atomic E-state index is 12.8. The van der Waals surface area contributed by atoms with E-state index in [9.17, 15) is 9.59 Å². The predicted molar refractivity (Wildman–Crippen MR) is 262 cm³/mol. The molecule has 6 rings (SSSR count). The van der Waals surface area contributed by atoms with Crippen molar-refractivity contribution in [1.82, 2.24) is 0 Å². The maximum Gasteiger partial charge on any atom is 0.343 e. The summed E-state index contributed by atoms with van der Waals surface area (Å²) in [5.74, 6) is 0.366. The standard InChI is InChI=1S/C52H61N7O5/c1-6-59(7-2)44-26-24-43(25-27-44)58(5)37-55-41-18-20-42(21-19-41)56-57-50-33-32-49(47-14-10-11-15-48(47)50)54-36-53-40-22-30-46(31-23-40)64-52(61)39-16-28-45(29-17-39)62-34-12-8-9-13-35-63-51(60)38(3)4/h10-11,14-33,53-57H,3,6-9,12-13,34-37H2,1-2,4-5H3/p+1. The SMILES string of the molecule is C=C(C)C(=O)OCCCCCCOc1ccc(C(=O)Oc2ccc(NC[NH2+]c3ccc(NNc4ccc(NCN(C)c5ccc(N(CC)CC)cc5)cc4)c4ccccc34)cc2)cc1. The number of nitrogens with one attached hydrogen (secondary N) is 4. The van der Waals surface area contributed by atoms with Crippen LogP contribution >= 0.6 is 0 Å². The number of fused-ring (bicyclic) bond motifs is 1. The Balaban J connectivity index is 0.903. The first-order chi connectivity index (χ1) is 31.2. The van der Waals surface area contributed by atoms with Crippen LogP contribution in [0.3, 0.4) is 0 Å². The van der Waals surface area contributed by atoms with E-state index in [1.165, 1.54) is 5.69 Å². The Hall–Kier alpha value is -7.18. The highest BCUT2D eigenvalue weighted by atomic mass is 16.5. The molecule has 0 fully saturated rings. The molecule has 6 aromatic rings. The molecular weight excluding hydrogens is 803 g/mol. The van der Waals surface area contributed by atoms with Gasteiger partial charge >= 0.3 is 11.9 Å². The summed E-state index contributed by atoms with van der Waals surface area (Å²) in [5.41, 5.74) is 15.0. The Morgan fingerprint density at radius 1 is 0.641 bits per heavy atom. The minimum absolute atomic E-state index is 0.345. The molecule has 0 saturated carbocycles. The Bertz CT molecular complexity index is 2400. The van der Waals surface area contributed by atoms with Crippen molar-refractivity contribution in [2.75, 3.05) is 78.0 Å². The zero-order valence-corrected chi connectivity index (χ0v) is 37.5. The summed E-state index contributed by atoms with van der Waals surface area (Å²) in [7, 11) is 2.09. The number of anilines is 6. The largest absolute Gasteiger partial charge is 0.494 e. The fraction of sp³-hybridized carbons (Fsp3) is 0.269. The van der Waals surface area contributed by atoms with E-state index in [1.54, 1.807) is 43.3 Å². The van der Waals surface area contributed by atoms with Crippen LogP contribution in [0.4, 0.5) is 39.8 Å². The van der Waals surface area contributed by atoms with Gasteiger partial charge in [0.05, 0.1) is 36.8 Å². The maximum absolute atomic E-state index is 12.8. The van der Waals surface area contributed by atoms with Gasteiger partial charge in [-0.3, -0.25) is 5.32 Å². The first-order valence-electron chi connectivity index (χ1n) is 22.1. The Labute approximate surface area is 377 Å². The first kappa shape index (κ1) is 46.3. The van der Waals surface area contributed by atoms with Crippen LogP contribution in [-0.4, -0.2) is 58.6 Å². The van der Waals surface area contributed by atoms with Gasteiger partial charge in [0.1, 0.15) is 17.2 Å². The molecule has 6 N–H and O–H groups in total. The van der Waals surface area contributed by atoms with Crippen molar-refractivity contribution in [3.8, 4) is 11.5 Å². The van der Waals surface area contributed by atoms with Crippen molar-refractivity contribution in [3.05, 3.63) is 151 Å². The quantitative estimate of drug-likeness (QED) is 0.00717. The second-order valence-corrected chi connectivity index (χ2v) is 15.5. The van der Waals surface area contributed by atoms with Gasteiger partial charge in [0.15, 0.2) is 6.67 Å². The zero-order valence-electron chi connectivity index (χ0n) is 37.5. The van der Waals surface area contributed by atoms with Crippen molar-refractivity contribution in [2.24, 2.45) is 0 Å². The highest BCUT2D eigenvalue weighted by Crippen LogP contribution is 2.28. The molecule has 0 bridgehead atoms. The molecule has 12 nitrogen and oxygen atoms in total. The van der Waals surface area contributed by atoms with Gasteiger partial charge in [0, 0.05) is 65.3 Å². The number of hydrazine groups is 1. The summed E-state index contributed by atoms with van der Waals surface area (Å²) in [5, 5.41) is 11.4. The second kappa shape index (κ2) is 23.9. The summed E-state index contributed by atoms with van der Waals surface area (Å²) in [6, 6.07) is 43.8. The summed E-state index contributed by atoms with van der Waals surface area (Å²) in [4.78, 5) is 28.8. The van der Waals surface area contributed by atoms with Crippen LogP contribution in [0, 0.1) is 0 Å². The Morgan fingerprint density at radius 3 is 1.94 bits per heavy atom. The van der Waals surface area contributed by atoms with E-state index >= 15 is 0 Å². The number of carbonyl (C=O) groups is 2. The summed E-state index contributed by atoms with van der Waals surface area (Å²) >= 11 is 0. The monoisotopic (exact) mass is 864 g/mol. The van der Waals surface area contributed by atoms with E-state index in [4.69, 9.17) is 14.2 Å². The number of hydrogen-bond donors (Lipinski definition) is 5. The van der Waals surface area contributed by atoms with Crippen LogP contribution in [0.2, 0.25) is 0 Å². The first-order valence-corrected chi connectivity index (χ1v) is 22.1. The van der Waals surface area contributed by atoms with Crippen LogP contribution < -0.4 is 46.1 Å². The molecule has 0 spiro atoms. The van der Waals surface area contributed by atoms with Gasteiger partial charge in [-0.2, -0.15) is 0 Å². The van der Waals surface area contributed by atoms with Gasteiger partial charge in [0.25, 0.3) is 0 Å².